The van der Waals surface area contributed by atoms with Crippen LogP contribution in [0.3, 0.4) is 0 Å². The Morgan fingerprint density at radius 1 is 1.05 bits per heavy atom. The number of nitrogens with zero attached hydrogens (tertiary/aromatic N) is 4. The lowest BCUT2D eigenvalue weighted by Gasteiger charge is -2.28. The topological polar surface area (TPSA) is 135 Å². The molecule has 11 heteroatoms. The summed E-state index contributed by atoms with van der Waals surface area (Å²) >= 11 is 0. The van der Waals surface area contributed by atoms with E-state index in [-0.39, 0.29) is 35.7 Å². The van der Waals surface area contributed by atoms with Gasteiger partial charge in [0.1, 0.15) is 0 Å². The van der Waals surface area contributed by atoms with E-state index in [2.05, 4.69) is 46.8 Å². The van der Waals surface area contributed by atoms with Gasteiger partial charge in [-0.2, -0.15) is 19.6 Å². The summed E-state index contributed by atoms with van der Waals surface area (Å²) in [7, 11) is 0. The predicted octanol–water partition coefficient (Wildman–Crippen LogP) is 4.38. The van der Waals surface area contributed by atoms with Crippen LogP contribution in [0.1, 0.15) is 63.9 Å². The summed E-state index contributed by atoms with van der Waals surface area (Å²) in [4.78, 5) is 34.1. The minimum Gasteiger partial charge on any atom is -0.381 e. The highest BCUT2D eigenvalue weighted by atomic mass is 16.5. The van der Waals surface area contributed by atoms with Crippen LogP contribution in [-0.4, -0.2) is 56.7 Å². The first-order valence-corrected chi connectivity index (χ1v) is 14.1. The van der Waals surface area contributed by atoms with Crippen molar-refractivity contribution >= 4 is 40.7 Å². The monoisotopic (exact) mass is 546 g/mol. The molecule has 212 valence electrons. The number of nitrogens with one attached hydrogen (secondary N) is 4. The molecule has 0 unspecified atom stereocenters. The van der Waals surface area contributed by atoms with E-state index >= 15 is 0 Å². The Morgan fingerprint density at radius 2 is 1.80 bits per heavy atom. The molecule has 0 spiro atoms. The van der Waals surface area contributed by atoms with E-state index in [1.807, 2.05) is 30.5 Å². The van der Waals surface area contributed by atoms with Gasteiger partial charge >= 0.3 is 0 Å². The van der Waals surface area contributed by atoms with Crippen molar-refractivity contribution in [2.75, 3.05) is 29.2 Å². The van der Waals surface area contributed by atoms with Crippen molar-refractivity contribution in [1.29, 1.82) is 0 Å². The second-order valence-electron chi connectivity index (χ2n) is 10.8. The maximum absolute atomic E-state index is 13.0. The number of aromatic nitrogens is 4. The van der Waals surface area contributed by atoms with Gasteiger partial charge in [0.05, 0.1) is 6.20 Å². The molecular weight excluding hydrogens is 508 g/mol. The molecule has 2 amide bonds. The van der Waals surface area contributed by atoms with Crippen molar-refractivity contribution in [2.24, 2.45) is 5.92 Å². The van der Waals surface area contributed by atoms with Gasteiger partial charge in [-0.3, -0.25) is 9.59 Å². The molecule has 1 aromatic carbocycles. The summed E-state index contributed by atoms with van der Waals surface area (Å²) in [6, 6.07) is 7.92. The molecule has 2 aliphatic rings. The lowest BCUT2D eigenvalue weighted by molar-refractivity contribution is -0.121. The first-order valence-electron chi connectivity index (χ1n) is 14.1. The number of hydrogen-bond acceptors (Lipinski definition) is 8. The zero-order valence-corrected chi connectivity index (χ0v) is 23.2. The number of hydrogen-bond donors (Lipinski definition) is 4. The number of benzene rings is 1. The highest BCUT2D eigenvalue weighted by molar-refractivity contribution is 5.93. The number of carbonyl (C=O) groups is 2. The zero-order chi connectivity index (χ0) is 28.1. The van der Waals surface area contributed by atoms with Crippen LogP contribution in [0.4, 0.5) is 23.3 Å². The maximum atomic E-state index is 13.0. The minimum absolute atomic E-state index is 0.00771. The Balaban J connectivity index is 1.29. The number of carbonyl (C=O) groups excluding carboxylic acids is 2. The molecule has 5 rings (SSSR count). The van der Waals surface area contributed by atoms with Crippen LogP contribution in [0, 0.1) is 5.92 Å². The predicted molar refractivity (Wildman–Crippen MR) is 155 cm³/mol. The largest absolute Gasteiger partial charge is 0.381 e. The molecule has 2 fully saturated rings. The summed E-state index contributed by atoms with van der Waals surface area (Å²) in [5.41, 5.74) is 3.27. The zero-order valence-electron chi connectivity index (χ0n) is 23.2. The SMILES string of the molecule is C=CC(=O)N[C@H]1CC[C@@H](C(=O)Nc2cccc(Nc3nc(NC4CCOCC4)nc4c(C(C)C)cnn34)c2)CC1. The Labute approximate surface area is 234 Å². The van der Waals surface area contributed by atoms with Gasteiger partial charge in [0.2, 0.25) is 23.7 Å². The van der Waals surface area contributed by atoms with Gasteiger partial charge in [0.15, 0.2) is 5.65 Å². The molecule has 0 radical (unpaired) electrons. The quantitative estimate of drug-likeness (QED) is 0.291. The lowest BCUT2D eigenvalue weighted by atomic mass is 9.85. The molecule has 0 atom stereocenters. The first-order chi connectivity index (χ1) is 19.4. The van der Waals surface area contributed by atoms with Crippen molar-refractivity contribution in [3.8, 4) is 0 Å². The number of rotatable bonds is 9. The van der Waals surface area contributed by atoms with Gasteiger partial charge in [-0.05, 0) is 68.7 Å². The molecule has 1 saturated heterocycles. The third kappa shape index (κ3) is 6.59. The van der Waals surface area contributed by atoms with Crippen LogP contribution in [0.5, 0.6) is 0 Å². The smallest absolute Gasteiger partial charge is 0.243 e. The third-order valence-electron chi connectivity index (χ3n) is 7.59. The van der Waals surface area contributed by atoms with Crippen LogP contribution in [0.2, 0.25) is 0 Å². The van der Waals surface area contributed by atoms with E-state index in [4.69, 9.17) is 14.7 Å². The van der Waals surface area contributed by atoms with Crippen molar-refractivity contribution in [3.63, 3.8) is 0 Å². The normalized spacial score (nSPS) is 19.8. The minimum atomic E-state index is -0.166. The van der Waals surface area contributed by atoms with Crippen LogP contribution in [0.15, 0.2) is 43.1 Å². The Morgan fingerprint density at radius 3 is 2.52 bits per heavy atom. The number of amides is 2. The second kappa shape index (κ2) is 12.5. The number of ether oxygens (including phenoxy) is 1. The van der Waals surface area contributed by atoms with Crippen molar-refractivity contribution in [2.45, 2.75) is 70.4 Å². The summed E-state index contributed by atoms with van der Waals surface area (Å²) in [6.07, 6.45) is 7.93. The van der Waals surface area contributed by atoms with Crippen LogP contribution < -0.4 is 21.3 Å². The molecule has 0 bridgehead atoms. The summed E-state index contributed by atoms with van der Waals surface area (Å²) in [6.45, 7) is 9.18. The molecular formula is C29H38N8O3. The van der Waals surface area contributed by atoms with Gasteiger partial charge < -0.3 is 26.0 Å². The third-order valence-corrected chi connectivity index (χ3v) is 7.59. The average molecular weight is 547 g/mol. The second-order valence-corrected chi connectivity index (χ2v) is 10.8. The first kappa shape index (κ1) is 27.6. The van der Waals surface area contributed by atoms with Gasteiger partial charge in [-0.15, -0.1) is 0 Å². The molecule has 3 aromatic rings. The molecule has 4 N–H and O–H groups in total. The van der Waals surface area contributed by atoms with E-state index in [1.54, 1.807) is 4.52 Å². The van der Waals surface area contributed by atoms with Gasteiger partial charge in [0.25, 0.3) is 0 Å². The Bertz CT molecular complexity index is 1360. The maximum Gasteiger partial charge on any atom is 0.243 e. The molecule has 1 saturated carbocycles. The molecule has 3 heterocycles. The van der Waals surface area contributed by atoms with Gasteiger partial charge in [-0.25, -0.2) is 0 Å². The van der Waals surface area contributed by atoms with Gasteiger partial charge in [-0.1, -0.05) is 26.5 Å². The van der Waals surface area contributed by atoms with E-state index in [0.717, 1.165) is 68.6 Å². The van der Waals surface area contributed by atoms with Crippen molar-refractivity contribution in [3.05, 3.63) is 48.7 Å². The Hall–Kier alpha value is -3.99. The summed E-state index contributed by atoms with van der Waals surface area (Å²) < 4.78 is 7.21. The van der Waals surface area contributed by atoms with E-state index < -0.39 is 0 Å². The number of fused-ring (bicyclic) bond motifs is 1. The average Bonchev–Trinajstić information content (AvgIpc) is 3.39. The lowest BCUT2D eigenvalue weighted by Crippen LogP contribution is -2.38. The van der Waals surface area contributed by atoms with Crippen molar-refractivity contribution < 1.29 is 14.3 Å². The van der Waals surface area contributed by atoms with E-state index in [0.29, 0.717) is 17.6 Å². The van der Waals surface area contributed by atoms with Crippen LogP contribution >= 0.6 is 0 Å². The van der Waals surface area contributed by atoms with Crippen LogP contribution in [0.25, 0.3) is 5.65 Å². The molecule has 1 aliphatic heterocycles. The van der Waals surface area contributed by atoms with E-state index in [9.17, 15) is 9.59 Å². The number of anilines is 4. The summed E-state index contributed by atoms with van der Waals surface area (Å²) in [5, 5.41) is 17.4. The highest BCUT2D eigenvalue weighted by Crippen LogP contribution is 2.28. The fourth-order valence-electron chi connectivity index (χ4n) is 5.28. The van der Waals surface area contributed by atoms with Gasteiger partial charge in [0, 0.05) is 48.2 Å². The molecule has 2 aromatic heterocycles. The molecule has 11 nitrogen and oxygen atoms in total. The fraction of sp³-hybridized carbons (Fsp3) is 0.483. The summed E-state index contributed by atoms with van der Waals surface area (Å²) in [5.74, 6) is 1.07. The van der Waals surface area contributed by atoms with Crippen molar-refractivity contribution in [1.82, 2.24) is 24.9 Å². The standard InChI is InChI=1S/C29H38N8O3/c1-4-25(38)31-20-10-8-19(9-11-20)27(39)32-22-6-5-7-23(16-22)34-29-36-28(33-21-12-14-40-15-13-21)35-26-24(18(2)3)17-30-37(26)29/h4-7,16-21H,1,8-15H2,2-3H3,(H,31,38)(H,32,39)(H2,33,34,35,36)/t19-,20+. The molecule has 1 aliphatic carbocycles. The Kier molecular flexibility index (Phi) is 8.59. The highest BCUT2D eigenvalue weighted by Gasteiger charge is 2.27. The molecule has 40 heavy (non-hydrogen) atoms. The fourth-order valence-corrected chi connectivity index (χ4v) is 5.28. The van der Waals surface area contributed by atoms with E-state index in [1.165, 1.54) is 6.08 Å². The van der Waals surface area contributed by atoms with Crippen LogP contribution in [-0.2, 0) is 14.3 Å².